The van der Waals surface area contributed by atoms with Gasteiger partial charge in [0.15, 0.2) is 0 Å². The van der Waals surface area contributed by atoms with Crippen LogP contribution in [0.1, 0.15) is 57.3 Å². The van der Waals surface area contributed by atoms with E-state index in [0.717, 1.165) is 29.5 Å². The molecule has 1 heterocycles. The predicted molar refractivity (Wildman–Crippen MR) is 77.9 cm³/mol. The number of nitrogens with one attached hydrogen (secondary N) is 1. The third-order valence-corrected chi connectivity index (χ3v) is 3.39. The van der Waals surface area contributed by atoms with Crippen molar-refractivity contribution in [2.24, 2.45) is 5.41 Å². The third kappa shape index (κ3) is 3.82. The van der Waals surface area contributed by atoms with E-state index in [4.69, 9.17) is 4.74 Å². The highest BCUT2D eigenvalue weighted by Crippen LogP contribution is 2.39. The molecule has 1 fully saturated rings. The van der Waals surface area contributed by atoms with Gasteiger partial charge < -0.3 is 10.1 Å². The van der Waals surface area contributed by atoms with Gasteiger partial charge in [-0.3, -0.25) is 0 Å². The number of nitrogens with zero attached hydrogens (tertiary/aromatic N) is 2. The van der Waals surface area contributed by atoms with Gasteiger partial charge in [0.2, 0.25) is 5.88 Å². The van der Waals surface area contributed by atoms with Crippen molar-refractivity contribution in [3.8, 4) is 5.88 Å². The van der Waals surface area contributed by atoms with Gasteiger partial charge in [-0.05, 0) is 31.6 Å². The van der Waals surface area contributed by atoms with E-state index < -0.39 is 0 Å². The van der Waals surface area contributed by atoms with E-state index >= 15 is 0 Å². The van der Waals surface area contributed by atoms with Gasteiger partial charge in [-0.15, -0.1) is 0 Å². The van der Waals surface area contributed by atoms with Gasteiger partial charge in [-0.25, -0.2) is 4.98 Å². The molecule has 19 heavy (non-hydrogen) atoms. The lowest BCUT2D eigenvalue weighted by atomic mass is 9.93. The van der Waals surface area contributed by atoms with Gasteiger partial charge in [0.1, 0.15) is 11.6 Å². The molecule has 0 aliphatic heterocycles. The van der Waals surface area contributed by atoms with Crippen molar-refractivity contribution in [3.05, 3.63) is 11.4 Å². The van der Waals surface area contributed by atoms with Gasteiger partial charge in [-0.1, -0.05) is 20.8 Å². The summed E-state index contributed by atoms with van der Waals surface area (Å²) in [5, 5.41) is 3.13. The Bertz CT molecular complexity index is 447. The summed E-state index contributed by atoms with van der Waals surface area (Å²) in [5.74, 6) is 3.10. The maximum absolute atomic E-state index is 5.88. The standard InChI is InChI=1S/C15H25N3O/c1-10-12(16-5)17-13(11-6-7-11)18-14(10)19-9-8-15(2,3)4/h11H,6-9H2,1-5H3,(H,16,17,18). The molecule has 1 aliphatic carbocycles. The zero-order valence-electron chi connectivity index (χ0n) is 12.7. The average molecular weight is 263 g/mol. The first-order valence-electron chi connectivity index (χ1n) is 7.10. The lowest BCUT2D eigenvalue weighted by molar-refractivity contribution is 0.234. The Morgan fingerprint density at radius 3 is 2.47 bits per heavy atom. The summed E-state index contributed by atoms with van der Waals surface area (Å²) in [6.07, 6.45) is 3.42. The highest BCUT2D eigenvalue weighted by atomic mass is 16.5. The molecule has 1 aromatic heterocycles. The predicted octanol–water partition coefficient (Wildman–Crippen LogP) is 3.52. The Morgan fingerprint density at radius 1 is 1.26 bits per heavy atom. The van der Waals surface area contributed by atoms with E-state index in [1.165, 1.54) is 12.8 Å². The summed E-state index contributed by atoms with van der Waals surface area (Å²) >= 11 is 0. The Kier molecular flexibility index (Phi) is 3.97. The quantitative estimate of drug-likeness (QED) is 0.883. The summed E-state index contributed by atoms with van der Waals surface area (Å²) in [7, 11) is 1.89. The molecule has 0 bridgehead atoms. The smallest absolute Gasteiger partial charge is 0.221 e. The summed E-state index contributed by atoms with van der Waals surface area (Å²) in [6.45, 7) is 9.37. The van der Waals surface area contributed by atoms with Crippen molar-refractivity contribution in [2.75, 3.05) is 19.0 Å². The highest BCUT2D eigenvalue weighted by molar-refractivity contribution is 5.48. The number of hydrogen-bond acceptors (Lipinski definition) is 4. The first-order valence-corrected chi connectivity index (χ1v) is 7.10. The van der Waals surface area contributed by atoms with Crippen LogP contribution in [0.4, 0.5) is 5.82 Å². The van der Waals surface area contributed by atoms with Crippen LogP contribution in [-0.2, 0) is 0 Å². The number of ether oxygens (including phenoxy) is 1. The minimum absolute atomic E-state index is 0.284. The molecular formula is C15H25N3O. The molecule has 0 aromatic carbocycles. The van der Waals surface area contributed by atoms with Crippen molar-refractivity contribution < 1.29 is 4.74 Å². The van der Waals surface area contributed by atoms with Crippen LogP contribution in [0.5, 0.6) is 5.88 Å². The zero-order valence-corrected chi connectivity index (χ0v) is 12.7. The second kappa shape index (κ2) is 5.35. The molecule has 1 aromatic rings. The fourth-order valence-electron chi connectivity index (χ4n) is 1.87. The lowest BCUT2D eigenvalue weighted by Crippen LogP contribution is -2.13. The fourth-order valence-corrected chi connectivity index (χ4v) is 1.87. The van der Waals surface area contributed by atoms with Gasteiger partial charge in [0.25, 0.3) is 0 Å². The topological polar surface area (TPSA) is 47.0 Å². The molecule has 2 rings (SSSR count). The number of anilines is 1. The monoisotopic (exact) mass is 263 g/mol. The highest BCUT2D eigenvalue weighted by Gasteiger charge is 2.28. The van der Waals surface area contributed by atoms with Crippen LogP contribution in [0.25, 0.3) is 0 Å². The molecule has 0 unspecified atom stereocenters. The summed E-state index contributed by atoms with van der Waals surface area (Å²) in [6, 6.07) is 0. The Labute approximate surface area is 116 Å². The fraction of sp³-hybridized carbons (Fsp3) is 0.733. The molecule has 1 aliphatic rings. The molecule has 106 valence electrons. The summed E-state index contributed by atoms with van der Waals surface area (Å²) in [5.41, 5.74) is 1.28. The maximum Gasteiger partial charge on any atom is 0.221 e. The van der Waals surface area contributed by atoms with Crippen LogP contribution in [0, 0.1) is 12.3 Å². The van der Waals surface area contributed by atoms with Crippen LogP contribution in [-0.4, -0.2) is 23.6 Å². The average Bonchev–Trinajstić information content (AvgIpc) is 3.13. The summed E-state index contributed by atoms with van der Waals surface area (Å²) in [4.78, 5) is 9.16. The molecule has 0 amide bonds. The van der Waals surface area contributed by atoms with Gasteiger partial charge in [0.05, 0.1) is 12.2 Å². The molecule has 4 heteroatoms. The van der Waals surface area contributed by atoms with E-state index in [1.54, 1.807) is 0 Å². The normalized spacial score (nSPS) is 15.4. The molecule has 0 atom stereocenters. The maximum atomic E-state index is 5.88. The second-order valence-corrected chi connectivity index (χ2v) is 6.54. The molecular weight excluding hydrogens is 238 g/mol. The summed E-state index contributed by atoms with van der Waals surface area (Å²) < 4.78 is 5.88. The zero-order chi connectivity index (χ0) is 14.0. The third-order valence-electron chi connectivity index (χ3n) is 3.39. The Morgan fingerprint density at radius 2 is 1.95 bits per heavy atom. The van der Waals surface area contributed by atoms with Crippen molar-refractivity contribution in [2.45, 2.75) is 52.9 Å². The number of aromatic nitrogens is 2. The Hall–Kier alpha value is -1.32. The van der Waals surface area contributed by atoms with Crippen LogP contribution < -0.4 is 10.1 Å². The first kappa shape index (κ1) is 14.1. The minimum atomic E-state index is 0.284. The number of hydrogen-bond donors (Lipinski definition) is 1. The molecule has 1 saturated carbocycles. The van der Waals surface area contributed by atoms with Crippen molar-refractivity contribution >= 4 is 5.82 Å². The van der Waals surface area contributed by atoms with Crippen LogP contribution in [0.3, 0.4) is 0 Å². The first-order chi connectivity index (χ1) is 8.90. The van der Waals surface area contributed by atoms with Crippen LogP contribution in [0.2, 0.25) is 0 Å². The van der Waals surface area contributed by atoms with E-state index in [0.29, 0.717) is 12.5 Å². The molecule has 0 saturated heterocycles. The molecule has 1 N–H and O–H groups in total. The van der Waals surface area contributed by atoms with Crippen molar-refractivity contribution in [1.82, 2.24) is 9.97 Å². The SMILES string of the molecule is CNc1nc(C2CC2)nc(OCCC(C)(C)C)c1C. The lowest BCUT2D eigenvalue weighted by Gasteiger charge is -2.19. The molecule has 0 spiro atoms. The molecule has 4 nitrogen and oxygen atoms in total. The van der Waals surface area contributed by atoms with E-state index in [9.17, 15) is 0 Å². The largest absolute Gasteiger partial charge is 0.477 e. The van der Waals surface area contributed by atoms with Crippen LogP contribution in [0.15, 0.2) is 0 Å². The molecule has 0 radical (unpaired) electrons. The van der Waals surface area contributed by atoms with Crippen molar-refractivity contribution in [1.29, 1.82) is 0 Å². The van der Waals surface area contributed by atoms with Crippen LogP contribution >= 0.6 is 0 Å². The van der Waals surface area contributed by atoms with E-state index in [-0.39, 0.29) is 5.41 Å². The van der Waals surface area contributed by atoms with Gasteiger partial charge in [-0.2, -0.15) is 4.98 Å². The number of rotatable bonds is 5. The van der Waals surface area contributed by atoms with Gasteiger partial charge in [0, 0.05) is 13.0 Å². The van der Waals surface area contributed by atoms with E-state index in [2.05, 4.69) is 36.1 Å². The Balaban J connectivity index is 2.11. The van der Waals surface area contributed by atoms with Crippen molar-refractivity contribution in [3.63, 3.8) is 0 Å². The van der Waals surface area contributed by atoms with Gasteiger partial charge >= 0.3 is 0 Å². The minimum Gasteiger partial charge on any atom is -0.477 e. The van der Waals surface area contributed by atoms with E-state index in [1.807, 2.05) is 14.0 Å². The second-order valence-electron chi connectivity index (χ2n) is 6.54.